The largest absolute Gasteiger partial charge is 0.480 e. The van der Waals surface area contributed by atoms with Crippen molar-refractivity contribution >= 4 is 23.7 Å². The first kappa shape index (κ1) is 23.8. The van der Waals surface area contributed by atoms with Crippen molar-refractivity contribution < 1.29 is 24.3 Å². The summed E-state index contributed by atoms with van der Waals surface area (Å²) in [6, 6.07) is -2.66. The predicted octanol–water partition coefficient (Wildman–Crippen LogP) is -0.404. The van der Waals surface area contributed by atoms with Crippen molar-refractivity contribution in [3.63, 3.8) is 0 Å². The number of amides is 3. The molecule has 150 valence electrons. The molecule has 0 aliphatic carbocycles. The molecular weight excluding hydrogens is 340 g/mol. The van der Waals surface area contributed by atoms with E-state index in [0.717, 1.165) is 0 Å². The quantitative estimate of drug-likeness (QED) is 0.333. The third-order valence-corrected chi connectivity index (χ3v) is 4.03. The van der Waals surface area contributed by atoms with Crippen molar-refractivity contribution in [2.45, 2.75) is 65.6 Å². The van der Waals surface area contributed by atoms with Crippen LogP contribution in [-0.4, -0.2) is 53.5 Å². The maximum absolute atomic E-state index is 12.1. The minimum atomic E-state index is -1.13. The molecule has 9 heteroatoms. The minimum Gasteiger partial charge on any atom is -0.480 e. The summed E-state index contributed by atoms with van der Waals surface area (Å²) < 4.78 is 0. The van der Waals surface area contributed by atoms with Crippen molar-refractivity contribution in [2.24, 2.45) is 17.6 Å². The molecule has 0 saturated heterocycles. The Morgan fingerprint density at radius 3 is 2.04 bits per heavy atom. The summed E-state index contributed by atoms with van der Waals surface area (Å²) in [5.41, 5.74) is 5.71. The molecule has 9 nitrogen and oxygen atoms in total. The third kappa shape index (κ3) is 8.80. The average molecular weight is 372 g/mol. The fraction of sp³-hybridized carbons (Fsp3) is 0.765. The molecule has 0 aromatic rings. The predicted molar refractivity (Wildman–Crippen MR) is 97.1 cm³/mol. The number of carboxylic acid groups (broad SMARTS) is 1. The van der Waals surface area contributed by atoms with Crippen LogP contribution in [0.1, 0.15) is 47.5 Å². The van der Waals surface area contributed by atoms with Gasteiger partial charge in [0.05, 0.1) is 12.6 Å². The van der Waals surface area contributed by atoms with Gasteiger partial charge in [-0.15, -0.1) is 0 Å². The van der Waals surface area contributed by atoms with Gasteiger partial charge < -0.3 is 26.8 Å². The molecule has 0 spiro atoms. The molecule has 0 aliphatic rings. The smallest absolute Gasteiger partial charge is 0.326 e. The second-order valence-corrected chi connectivity index (χ2v) is 6.95. The van der Waals surface area contributed by atoms with Crippen molar-refractivity contribution in [1.29, 1.82) is 0 Å². The molecule has 0 radical (unpaired) electrons. The zero-order valence-corrected chi connectivity index (χ0v) is 16.2. The highest BCUT2D eigenvalue weighted by Crippen LogP contribution is 2.08. The molecule has 4 atom stereocenters. The molecule has 0 bridgehead atoms. The van der Waals surface area contributed by atoms with Gasteiger partial charge in [0.1, 0.15) is 12.1 Å². The lowest BCUT2D eigenvalue weighted by Crippen LogP contribution is -2.54. The summed E-state index contributed by atoms with van der Waals surface area (Å²) >= 11 is 0. The fourth-order valence-corrected chi connectivity index (χ4v) is 2.23. The highest BCUT2D eigenvalue weighted by atomic mass is 16.4. The van der Waals surface area contributed by atoms with Gasteiger partial charge in [-0.1, -0.05) is 34.1 Å². The van der Waals surface area contributed by atoms with Gasteiger partial charge in [-0.3, -0.25) is 14.4 Å². The normalized spacial score (nSPS) is 15.5. The Morgan fingerprint density at radius 2 is 1.58 bits per heavy atom. The maximum Gasteiger partial charge on any atom is 0.326 e. The van der Waals surface area contributed by atoms with Gasteiger partial charge in [0.25, 0.3) is 0 Å². The van der Waals surface area contributed by atoms with E-state index in [0.29, 0.717) is 12.8 Å². The Kier molecular flexibility index (Phi) is 10.5. The lowest BCUT2D eigenvalue weighted by Gasteiger charge is -2.22. The van der Waals surface area contributed by atoms with Crippen LogP contribution >= 0.6 is 0 Å². The van der Waals surface area contributed by atoms with Gasteiger partial charge in [0, 0.05) is 0 Å². The highest BCUT2D eigenvalue weighted by Gasteiger charge is 2.27. The summed E-state index contributed by atoms with van der Waals surface area (Å²) in [5, 5.41) is 16.4. The van der Waals surface area contributed by atoms with Crippen molar-refractivity contribution in [2.75, 3.05) is 6.54 Å². The van der Waals surface area contributed by atoms with E-state index in [-0.39, 0.29) is 18.4 Å². The van der Waals surface area contributed by atoms with Crippen molar-refractivity contribution in [3.8, 4) is 0 Å². The Hall–Kier alpha value is -2.16. The molecule has 0 saturated carbocycles. The topological polar surface area (TPSA) is 151 Å². The zero-order chi connectivity index (χ0) is 20.4. The highest BCUT2D eigenvalue weighted by molar-refractivity contribution is 5.92. The number of carbonyl (C=O) groups is 4. The Morgan fingerprint density at radius 1 is 1.00 bits per heavy atom. The summed E-state index contributed by atoms with van der Waals surface area (Å²) in [7, 11) is 0. The number of carboxylic acids is 1. The number of aliphatic carboxylic acids is 1. The summed E-state index contributed by atoms with van der Waals surface area (Å²) in [6.45, 7) is 8.54. The van der Waals surface area contributed by atoms with Gasteiger partial charge >= 0.3 is 5.97 Å². The molecule has 26 heavy (non-hydrogen) atoms. The van der Waals surface area contributed by atoms with Crippen LogP contribution < -0.4 is 21.7 Å². The SMILES string of the molecule is CCC(C)C(NC(=O)C(C)NC(=O)CNC(=O)C(N)CC(C)C)C(=O)O. The van der Waals surface area contributed by atoms with E-state index in [1.165, 1.54) is 6.92 Å². The Balaban J connectivity index is 4.46. The second kappa shape index (κ2) is 11.5. The number of hydrogen-bond donors (Lipinski definition) is 5. The van der Waals surface area contributed by atoms with Crippen LogP contribution in [0, 0.1) is 11.8 Å². The maximum atomic E-state index is 12.1. The molecule has 0 aliphatic heterocycles. The summed E-state index contributed by atoms with van der Waals surface area (Å²) in [5.74, 6) is -2.73. The molecule has 4 unspecified atom stereocenters. The molecule has 6 N–H and O–H groups in total. The van der Waals surface area contributed by atoms with Crippen molar-refractivity contribution in [3.05, 3.63) is 0 Å². The van der Waals surface area contributed by atoms with E-state index in [2.05, 4.69) is 16.0 Å². The standard InChI is InChI=1S/C17H32N4O5/c1-6-10(4)14(17(25)26)21-15(23)11(5)20-13(22)8-19-16(24)12(18)7-9(2)3/h9-12,14H,6-8,18H2,1-5H3,(H,19,24)(H,20,22)(H,21,23)(H,25,26). The number of hydrogen-bond acceptors (Lipinski definition) is 5. The van der Waals surface area contributed by atoms with Gasteiger partial charge in [0.15, 0.2) is 0 Å². The number of nitrogens with two attached hydrogens (primary N) is 1. The van der Waals surface area contributed by atoms with Crippen LogP contribution in [-0.2, 0) is 19.2 Å². The number of nitrogens with one attached hydrogen (secondary N) is 3. The van der Waals surface area contributed by atoms with E-state index in [4.69, 9.17) is 5.73 Å². The average Bonchev–Trinajstić information content (AvgIpc) is 2.55. The van der Waals surface area contributed by atoms with Crippen LogP contribution in [0.25, 0.3) is 0 Å². The molecule has 0 rings (SSSR count). The molecule has 0 heterocycles. The van der Waals surface area contributed by atoms with Crippen LogP contribution in [0.2, 0.25) is 0 Å². The van der Waals surface area contributed by atoms with Gasteiger partial charge in [-0.05, 0) is 25.2 Å². The van der Waals surface area contributed by atoms with E-state index in [1.807, 2.05) is 20.8 Å². The lowest BCUT2D eigenvalue weighted by atomic mass is 9.99. The molecule has 0 fully saturated rings. The molecular formula is C17H32N4O5. The molecule has 3 amide bonds. The first-order valence-electron chi connectivity index (χ1n) is 8.85. The summed E-state index contributed by atoms with van der Waals surface area (Å²) in [4.78, 5) is 46.9. The first-order chi connectivity index (χ1) is 12.0. The third-order valence-electron chi connectivity index (χ3n) is 4.03. The van der Waals surface area contributed by atoms with Gasteiger partial charge in [-0.2, -0.15) is 0 Å². The minimum absolute atomic E-state index is 0.249. The van der Waals surface area contributed by atoms with Crippen LogP contribution in [0.5, 0.6) is 0 Å². The van der Waals surface area contributed by atoms with E-state index >= 15 is 0 Å². The Bertz CT molecular complexity index is 509. The molecule has 0 aromatic carbocycles. The monoisotopic (exact) mass is 372 g/mol. The van der Waals surface area contributed by atoms with Crippen molar-refractivity contribution in [1.82, 2.24) is 16.0 Å². The Labute approximate surface area is 154 Å². The van der Waals surface area contributed by atoms with Crippen LogP contribution in [0.3, 0.4) is 0 Å². The number of rotatable bonds is 11. The fourth-order valence-electron chi connectivity index (χ4n) is 2.23. The number of carbonyl (C=O) groups excluding carboxylic acids is 3. The zero-order valence-electron chi connectivity index (χ0n) is 16.2. The van der Waals surface area contributed by atoms with Crippen LogP contribution in [0.15, 0.2) is 0 Å². The van der Waals surface area contributed by atoms with E-state index < -0.39 is 41.8 Å². The summed E-state index contributed by atoms with van der Waals surface area (Å²) in [6.07, 6.45) is 1.08. The second-order valence-electron chi connectivity index (χ2n) is 6.95. The lowest BCUT2D eigenvalue weighted by molar-refractivity contribution is -0.143. The van der Waals surface area contributed by atoms with E-state index in [9.17, 15) is 24.3 Å². The van der Waals surface area contributed by atoms with Gasteiger partial charge in [0.2, 0.25) is 17.7 Å². The van der Waals surface area contributed by atoms with Gasteiger partial charge in [-0.25, -0.2) is 4.79 Å². The van der Waals surface area contributed by atoms with Crippen LogP contribution in [0.4, 0.5) is 0 Å². The first-order valence-corrected chi connectivity index (χ1v) is 8.85. The van der Waals surface area contributed by atoms with E-state index in [1.54, 1.807) is 6.92 Å². The molecule has 0 aromatic heterocycles.